The summed E-state index contributed by atoms with van der Waals surface area (Å²) in [4.78, 5) is 16.9. The number of ether oxygens (including phenoxy) is 1. The lowest BCUT2D eigenvalue weighted by Crippen LogP contribution is -2.68. The van der Waals surface area contributed by atoms with Crippen molar-refractivity contribution < 1.29 is 9.53 Å². The smallest absolute Gasteiger partial charge is 0.226 e. The number of thiazole rings is 1. The fraction of sp³-hybridized carbons (Fsp3) is 0.529. The highest BCUT2D eigenvalue weighted by atomic mass is 32.1. The van der Waals surface area contributed by atoms with Crippen LogP contribution in [0.4, 0.5) is 0 Å². The van der Waals surface area contributed by atoms with Crippen molar-refractivity contribution in [1.82, 2.24) is 10.3 Å². The predicted octanol–water partition coefficient (Wildman–Crippen LogP) is 3.59. The van der Waals surface area contributed by atoms with Crippen LogP contribution in [-0.4, -0.2) is 30.1 Å². The second-order valence-electron chi connectivity index (χ2n) is 6.71. The van der Waals surface area contributed by atoms with Gasteiger partial charge in [-0.05, 0) is 11.4 Å². The first kappa shape index (κ1) is 16.6. The van der Waals surface area contributed by atoms with Gasteiger partial charge in [0.2, 0.25) is 5.91 Å². The van der Waals surface area contributed by atoms with Gasteiger partial charge in [-0.15, -0.1) is 11.3 Å². The first-order chi connectivity index (χ1) is 10.9. The number of hydrogen-bond donors (Lipinski definition) is 1. The molecule has 2 aromatic rings. The van der Waals surface area contributed by atoms with Crippen molar-refractivity contribution in [2.75, 3.05) is 7.11 Å². The number of amides is 1. The summed E-state index contributed by atoms with van der Waals surface area (Å²) in [6, 6.07) is 2.20. The molecule has 0 aromatic carbocycles. The molecule has 2 aromatic heterocycles. The first-order valence-corrected chi connectivity index (χ1v) is 9.55. The molecular weight excluding hydrogens is 328 g/mol. The van der Waals surface area contributed by atoms with Crippen molar-refractivity contribution in [3.05, 3.63) is 27.9 Å². The van der Waals surface area contributed by atoms with Crippen molar-refractivity contribution in [2.45, 2.75) is 39.3 Å². The summed E-state index contributed by atoms with van der Waals surface area (Å²) in [5.74, 6) is 0.363. The minimum atomic E-state index is -0.0340. The molecule has 3 atom stereocenters. The lowest BCUT2D eigenvalue weighted by molar-refractivity contribution is -0.154. The van der Waals surface area contributed by atoms with Gasteiger partial charge in [0.15, 0.2) is 0 Å². The van der Waals surface area contributed by atoms with Crippen molar-refractivity contribution >= 4 is 28.6 Å². The molecular formula is C17H22N2O2S2. The summed E-state index contributed by atoms with van der Waals surface area (Å²) < 4.78 is 5.53. The Kier molecular flexibility index (Phi) is 4.58. The molecule has 1 saturated carbocycles. The maximum atomic E-state index is 12.4. The number of thiophene rings is 1. The average molecular weight is 351 g/mol. The van der Waals surface area contributed by atoms with Gasteiger partial charge in [-0.25, -0.2) is 4.98 Å². The van der Waals surface area contributed by atoms with Gasteiger partial charge in [-0.1, -0.05) is 20.8 Å². The Morgan fingerprint density at radius 3 is 2.83 bits per heavy atom. The SMILES string of the molecule is CO[C@@H]1[C@H](C)[C@H](NC(=O)Cc2csc(-c3ccsc3)n2)C1(C)C. The van der Waals surface area contributed by atoms with Crippen LogP contribution < -0.4 is 5.32 Å². The van der Waals surface area contributed by atoms with E-state index < -0.39 is 0 Å². The number of hydrogen-bond acceptors (Lipinski definition) is 5. The number of aromatic nitrogens is 1. The van der Waals surface area contributed by atoms with E-state index in [2.05, 4.69) is 42.5 Å². The van der Waals surface area contributed by atoms with Crippen molar-refractivity contribution in [3.63, 3.8) is 0 Å². The van der Waals surface area contributed by atoms with Crippen LogP contribution in [-0.2, 0) is 16.0 Å². The van der Waals surface area contributed by atoms with Gasteiger partial charge in [0, 0.05) is 40.8 Å². The Balaban J connectivity index is 1.60. The Hall–Kier alpha value is -1.24. The van der Waals surface area contributed by atoms with E-state index in [1.54, 1.807) is 29.8 Å². The molecule has 0 bridgehead atoms. The Morgan fingerprint density at radius 1 is 1.43 bits per heavy atom. The van der Waals surface area contributed by atoms with E-state index >= 15 is 0 Å². The van der Waals surface area contributed by atoms with Crippen LogP contribution >= 0.6 is 22.7 Å². The third-order valence-corrected chi connectivity index (χ3v) is 6.39. The van der Waals surface area contributed by atoms with Crippen LogP contribution in [0.5, 0.6) is 0 Å². The Morgan fingerprint density at radius 2 is 2.22 bits per heavy atom. The van der Waals surface area contributed by atoms with Gasteiger partial charge in [0.1, 0.15) is 5.01 Å². The minimum Gasteiger partial charge on any atom is -0.380 e. The average Bonchev–Trinajstić information content (AvgIpc) is 3.15. The third kappa shape index (κ3) is 3.07. The lowest BCUT2D eigenvalue weighted by atomic mass is 9.58. The zero-order valence-electron chi connectivity index (χ0n) is 13.8. The van der Waals surface area contributed by atoms with Crippen LogP contribution in [0.25, 0.3) is 10.6 Å². The topological polar surface area (TPSA) is 51.2 Å². The van der Waals surface area contributed by atoms with E-state index in [0.717, 1.165) is 16.3 Å². The molecule has 1 N–H and O–H groups in total. The molecule has 0 spiro atoms. The zero-order chi connectivity index (χ0) is 16.6. The summed E-state index contributed by atoms with van der Waals surface area (Å²) in [5.41, 5.74) is 1.93. The number of methoxy groups -OCH3 is 1. The van der Waals surface area contributed by atoms with Gasteiger partial charge >= 0.3 is 0 Å². The molecule has 2 heterocycles. The molecule has 0 unspecified atom stereocenters. The van der Waals surface area contributed by atoms with Crippen LogP contribution in [0.3, 0.4) is 0 Å². The van der Waals surface area contributed by atoms with E-state index in [-0.39, 0.29) is 23.5 Å². The maximum absolute atomic E-state index is 12.4. The summed E-state index contributed by atoms with van der Waals surface area (Å²) in [6.45, 7) is 6.41. The highest BCUT2D eigenvalue weighted by molar-refractivity contribution is 7.14. The molecule has 1 fully saturated rings. The largest absolute Gasteiger partial charge is 0.380 e. The highest BCUT2D eigenvalue weighted by Gasteiger charge is 2.55. The molecule has 23 heavy (non-hydrogen) atoms. The number of nitrogens with zero attached hydrogens (tertiary/aromatic N) is 1. The molecule has 0 radical (unpaired) electrons. The number of carbonyl (C=O) groups excluding carboxylic acids is 1. The van der Waals surface area contributed by atoms with Crippen LogP contribution in [0.2, 0.25) is 0 Å². The Bertz CT molecular complexity index is 679. The summed E-state index contributed by atoms with van der Waals surface area (Å²) in [5, 5.41) is 10.2. The van der Waals surface area contributed by atoms with Gasteiger partial charge in [0.25, 0.3) is 0 Å². The van der Waals surface area contributed by atoms with Crippen molar-refractivity contribution in [1.29, 1.82) is 0 Å². The monoisotopic (exact) mass is 350 g/mol. The second-order valence-corrected chi connectivity index (χ2v) is 8.35. The van der Waals surface area contributed by atoms with Crippen LogP contribution in [0.1, 0.15) is 26.5 Å². The molecule has 124 valence electrons. The predicted molar refractivity (Wildman–Crippen MR) is 94.8 cm³/mol. The second kappa shape index (κ2) is 6.34. The zero-order valence-corrected chi connectivity index (χ0v) is 15.5. The van der Waals surface area contributed by atoms with Crippen LogP contribution in [0, 0.1) is 11.3 Å². The Labute approximate surface area is 144 Å². The quantitative estimate of drug-likeness (QED) is 0.896. The van der Waals surface area contributed by atoms with Gasteiger partial charge < -0.3 is 10.1 Å². The molecule has 0 aliphatic heterocycles. The molecule has 6 heteroatoms. The van der Waals surface area contributed by atoms with Crippen LogP contribution in [0.15, 0.2) is 22.2 Å². The van der Waals surface area contributed by atoms with Gasteiger partial charge in [-0.2, -0.15) is 11.3 Å². The van der Waals surface area contributed by atoms with Crippen molar-refractivity contribution in [3.8, 4) is 10.6 Å². The van der Waals surface area contributed by atoms with Crippen molar-refractivity contribution in [2.24, 2.45) is 11.3 Å². The van der Waals surface area contributed by atoms with Gasteiger partial charge in [0.05, 0.1) is 18.2 Å². The van der Waals surface area contributed by atoms with E-state index in [0.29, 0.717) is 12.3 Å². The molecule has 3 rings (SSSR count). The number of nitrogens with one attached hydrogen (secondary N) is 1. The normalized spacial score (nSPS) is 25.8. The third-order valence-electron chi connectivity index (χ3n) is 4.77. The van der Waals surface area contributed by atoms with Gasteiger partial charge in [-0.3, -0.25) is 4.79 Å². The highest BCUT2D eigenvalue weighted by Crippen LogP contribution is 2.46. The summed E-state index contributed by atoms with van der Waals surface area (Å²) >= 11 is 3.24. The van der Waals surface area contributed by atoms with E-state index in [1.807, 2.05) is 10.8 Å². The summed E-state index contributed by atoms with van der Waals surface area (Å²) in [7, 11) is 1.74. The fourth-order valence-electron chi connectivity index (χ4n) is 3.72. The molecule has 1 amide bonds. The molecule has 1 aliphatic rings. The van der Waals surface area contributed by atoms with E-state index in [9.17, 15) is 4.79 Å². The molecule has 1 aliphatic carbocycles. The lowest BCUT2D eigenvalue weighted by Gasteiger charge is -2.56. The minimum absolute atomic E-state index is 0.0339. The standard InChI is InChI=1S/C17H22N2O2S2/c1-10-14(17(2,3)15(10)21-4)19-13(20)7-12-9-23-16(18-12)11-5-6-22-8-11/h5-6,8-10,14-15H,7H2,1-4H3,(H,19,20)/t10-,14+,15-/m1/s1. The fourth-order valence-corrected chi connectivity index (χ4v) is 5.25. The maximum Gasteiger partial charge on any atom is 0.226 e. The summed E-state index contributed by atoms with van der Waals surface area (Å²) in [6.07, 6.45) is 0.523. The first-order valence-electron chi connectivity index (χ1n) is 7.72. The van der Waals surface area contributed by atoms with E-state index in [1.165, 1.54) is 0 Å². The molecule has 0 saturated heterocycles. The number of carbonyl (C=O) groups is 1. The number of rotatable bonds is 5. The van der Waals surface area contributed by atoms with E-state index in [4.69, 9.17) is 4.74 Å². The molecule has 4 nitrogen and oxygen atoms in total.